The molecule has 3 rings (SSSR count). The lowest BCUT2D eigenvalue weighted by molar-refractivity contribution is 0.201. The lowest BCUT2D eigenvalue weighted by atomic mass is 9.83. The van der Waals surface area contributed by atoms with Crippen molar-refractivity contribution in [1.29, 1.82) is 0 Å². The number of pyridine rings is 1. The van der Waals surface area contributed by atoms with E-state index in [9.17, 15) is 5.11 Å². The molecular weight excluding hydrogens is 300 g/mol. The molecule has 0 saturated heterocycles. The Bertz CT molecular complexity index is 757. The molecule has 3 aromatic rings. The second kappa shape index (κ2) is 7.38. The summed E-state index contributed by atoms with van der Waals surface area (Å²) in [5.74, 6) is 0. The van der Waals surface area contributed by atoms with Gasteiger partial charge in [-0.3, -0.25) is 10.1 Å². The minimum Gasteiger partial charge on any atom is -0.395 e. The van der Waals surface area contributed by atoms with E-state index in [1.807, 2.05) is 42.7 Å². The number of nitrogens with zero attached hydrogens (tertiary/aromatic N) is 2. The average Bonchev–Trinajstić information content (AvgIpc) is 3.11. The Kier molecular flexibility index (Phi) is 5.03. The molecule has 0 aliphatic carbocycles. The Balaban J connectivity index is 1.68. The minimum absolute atomic E-state index is 0.0882. The van der Waals surface area contributed by atoms with Crippen LogP contribution in [0.2, 0.25) is 0 Å². The molecule has 0 fully saturated rings. The molecular formula is C19H22N4O. The summed E-state index contributed by atoms with van der Waals surface area (Å²) in [6.07, 6.45) is 5.40. The quantitative estimate of drug-likeness (QED) is 0.625. The van der Waals surface area contributed by atoms with Gasteiger partial charge in [-0.2, -0.15) is 5.10 Å². The third kappa shape index (κ3) is 3.53. The maximum atomic E-state index is 9.86. The van der Waals surface area contributed by atoms with E-state index in [-0.39, 0.29) is 12.0 Å². The highest BCUT2D eigenvalue weighted by molar-refractivity contribution is 5.61. The lowest BCUT2D eigenvalue weighted by Crippen LogP contribution is -2.38. The van der Waals surface area contributed by atoms with Gasteiger partial charge in [0.05, 0.1) is 18.5 Å². The molecule has 1 unspecified atom stereocenters. The van der Waals surface area contributed by atoms with Crippen molar-refractivity contribution in [2.45, 2.75) is 18.9 Å². The highest BCUT2D eigenvalue weighted by Crippen LogP contribution is 2.23. The standard InChI is InChI=1S/C19H22N4O/c1-19(14-24,17-7-3-2-4-8-17)13-21-11-16-12-22-23-18(16)15-6-5-9-20-10-15/h2-10,12,21,24H,11,13-14H2,1H3,(H,22,23). The molecule has 2 heterocycles. The van der Waals surface area contributed by atoms with Crippen molar-refractivity contribution in [2.75, 3.05) is 13.2 Å². The molecule has 0 bridgehead atoms. The van der Waals surface area contributed by atoms with Crippen molar-refractivity contribution < 1.29 is 5.11 Å². The first-order chi connectivity index (χ1) is 11.7. The summed E-state index contributed by atoms with van der Waals surface area (Å²) in [5.41, 5.74) is 3.87. The van der Waals surface area contributed by atoms with Crippen LogP contribution >= 0.6 is 0 Å². The molecule has 0 saturated carbocycles. The summed E-state index contributed by atoms with van der Waals surface area (Å²) in [7, 11) is 0. The third-order valence-corrected chi connectivity index (χ3v) is 4.32. The Morgan fingerprint density at radius 1 is 1.12 bits per heavy atom. The van der Waals surface area contributed by atoms with Crippen molar-refractivity contribution >= 4 is 0 Å². The smallest absolute Gasteiger partial charge is 0.0710 e. The van der Waals surface area contributed by atoms with Crippen molar-refractivity contribution in [3.63, 3.8) is 0 Å². The monoisotopic (exact) mass is 322 g/mol. The molecule has 0 aliphatic rings. The number of benzene rings is 1. The van der Waals surface area contributed by atoms with E-state index in [0.29, 0.717) is 13.1 Å². The lowest BCUT2D eigenvalue weighted by Gasteiger charge is -2.28. The maximum Gasteiger partial charge on any atom is 0.0710 e. The number of hydrogen-bond acceptors (Lipinski definition) is 4. The van der Waals surface area contributed by atoms with Gasteiger partial charge in [0.25, 0.3) is 0 Å². The van der Waals surface area contributed by atoms with Gasteiger partial charge in [0.2, 0.25) is 0 Å². The molecule has 5 heteroatoms. The van der Waals surface area contributed by atoms with Crippen LogP contribution < -0.4 is 5.32 Å². The van der Waals surface area contributed by atoms with E-state index in [4.69, 9.17) is 0 Å². The highest BCUT2D eigenvalue weighted by atomic mass is 16.3. The number of nitrogens with one attached hydrogen (secondary N) is 2. The largest absolute Gasteiger partial charge is 0.395 e. The first-order valence-corrected chi connectivity index (χ1v) is 8.03. The van der Waals surface area contributed by atoms with Crippen molar-refractivity contribution in [2.24, 2.45) is 0 Å². The SMILES string of the molecule is CC(CO)(CNCc1cn[nH]c1-c1cccnc1)c1ccccc1. The Morgan fingerprint density at radius 2 is 1.96 bits per heavy atom. The zero-order valence-electron chi connectivity index (χ0n) is 13.7. The number of aliphatic hydroxyl groups excluding tert-OH is 1. The molecule has 24 heavy (non-hydrogen) atoms. The summed E-state index contributed by atoms with van der Waals surface area (Å²) < 4.78 is 0. The van der Waals surface area contributed by atoms with Gasteiger partial charge in [0, 0.05) is 42.0 Å². The van der Waals surface area contributed by atoms with E-state index < -0.39 is 0 Å². The van der Waals surface area contributed by atoms with Gasteiger partial charge in [-0.15, -0.1) is 0 Å². The van der Waals surface area contributed by atoms with Gasteiger partial charge < -0.3 is 10.4 Å². The Hall–Kier alpha value is -2.50. The van der Waals surface area contributed by atoms with Crippen LogP contribution in [0.4, 0.5) is 0 Å². The van der Waals surface area contributed by atoms with Crippen LogP contribution in [-0.4, -0.2) is 33.4 Å². The van der Waals surface area contributed by atoms with Crippen LogP contribution in [0.1, 0.15) is 18.1 Å². The number of aliphatic hydroxyl groups is 1. The Labute approximate surface area is 141 Å². The van der Waals surface area contributed by atoms with Crippen molar-refractivity contribution in [3.8, 4) is 11.3 Å². The van der Waals surface area contributed by atoms with E-state index in [1.165, 1.54) is 0 Å². The molecule has 124 valence electrons. The first kappa shape index (κ1) is 16.4. The van der Waals surface area contributed by atoms with Gasteiger partial charge >= 0.3 is 0 Å². The van der Waals surface area contributed by atoms with Gasteiger partial charge in [0.1, 0.15) is 0 Å². The number of aromatic amines is 1. The molecule has 0 radical (unpaired) electrons. The fourth-order valence-electron chi connectivity index (χ4n) is 2.77. The topological polar surface area (TPSA) is 73.8 Å². The van der Waals surface area contributed by atoms with Crippen LogP contribution in [0.3, 0.4) is 0 Å². The zero-order chi connectivity index (χ0) is 16.8. The van der Waals surface area contributed by atoms with Crippen molar-refractivity contribution in [1.82, 2.24) is 20.5 Å². The number of H-pyrrole nitrogens is 1. The molecule has 1 aromatic carbocycles. The number of aromatic nitrogens is 3. The summed E-state index contributed by atoms with van der Waals surface area (Å²) in [6.45, 7) is 3.49. The highest BCUT2D eigenvalue weighted by Gasteiger charge is 2.25. The molecule has 0 amide bonds. The first-order valence-electron chi connectivity index (χ1n) is 8.03. The van der Waals surface area contributed by atoms with Gasteiger partial charge in [0.15, 0.2) is 0 Å². The molecule has 3 N–H and O–H groups in total. The maximum absolute atomic E-state index is 9.86. The van der Waals surface area contributed by atoms with Gasteiger partial charge in [-0.1, -0.05) is 37.3 Å². The Morgan fingerprint density at radius 3 is 2.67 bits per heavy atom. The molecule has 2 aromatic heterocycles. The molecule has 0 spiro atoms. The van der Waals surface area contributed by atoms with Gasteiger partial charge in [-0.05, 0) is 17.7 Å². The molecule has 1 atom stereocenters. The second-order valence-electron chi connectivity index (χ2n) is 6.20. The average molecular weight is 322 g/mol. The normalized spacial score (nSPS) is 13.6. The summed E-state index contributed by atoms with van der Waals surface area (Å²) >= 11 is 0. The predicted molar refractivity (Wildman–Crippen MR) is 94.4 cm³/mol. The van der Waals surface area contributed by atoms with E-state index in [1.54, 1.807) is 6.20 Å². The number of hydrogen-bond donors (Lipinski definition) is 3. The second-order valence-corrected chi connectivity index (χ2v) is 6.20. The van der Waals surface area contributed by atoms with Crippen LogP contribution in [0, 0.1) is 0 Å². The summed E-state index contributed by atoms with van der Waals surface area (Å²) in [6, 6.07) is 14.0. The van der Waals surface area contributed by atoms with Crippen LogP contribution in [0.25, 0.3) is 11.3 Å². The summed E-state index contributed by atoms with van der Waals surface area (Å²) in [4.78, 5) is 4.15. The van der Waals surface area contributed by atoms with Crippen LogP contribution in [0.5, 0.6) is 0 Å². The summed E-state index contributed by atoms with van der Waals surface area (Å²) in [5, 5.41) is 20.5. The predicted octanol–water partition coefficient (Wildman–Crippen LogP) is 2.51. The molecule has 5 nitrogen and oxygen atoms in total. The molecule has 0 aliphatic heterocycles. The van der Waals surface area contributed by atoms with Crippen LogP contribution in [0.15, 0.2) is 61.1 Å². The number of rotatable bonds is 7. The van der Waals surface area contributed by atoms with Gasteiger partial charge in [-0.25, -0.2) is 0 Å². The fourth-order valence-corrected chi connectivity index (χ4v) is 2.77. The minimum atomic E-state index is -0.320. The zero-order valence-corrected chi connectivity index (χ0v) is 13.7. The fraction of sp³-hybridized carbons (Fsp3) is 0.263. The van der Waals surface area contributed by atoms with E-state index in [2.05, 4.69) is 39.6 Å². The van der Waals surface area contributed by atoms with E-state index in [0.717, 1.165) is 22.4 Å². The third-order valence-electron chi connectivity index (χ3n) is 4.32. The van der Waals surface area contributed by atoms with E-state index >= 15 is 0 Å². The van der Waals surface area contributed by atoms with Crippen molar-refractivity contribution in [3.05, 3.63) is 72.2 Å². The van der Waals surface area contributed by atoms with Crippen LogP contribution in [-0.2, 0) is 12.0 Å².